The molecule has 1 aliphatic carbocycles. The summed E-state index contributed by atoms with van der Waals surface area (Å²) in [6.07, 6.45) is 6.39. The van der Waals surface area contributed by atoms with Crippen LogP contribution in [-0.2, 0) is 4.74 Å². The highest BCUT2D eigenvalue weighted by molar-refractivity contribution is 14.0. The van der Waals surface area contributed by atoms with Crippen LogP contribution in [0.3, 0.4) is 0 Å². The summed E-state index contributed by atoms with van der Waals surface area (Å²) in [6, 6.07) is 0.854. The fraction of sp³-hybridized carbons (Fsp3) is 0.941. The zero-order valence-corrected chi connectivity index (χ0v) is 16.7. The number of hydrogen-bond donors (Lipinski definition) is 1. The summed E-state index contributed by atoms with van der Waals surface area (Å²) in [5, 5.41) is 3.59. The third kappa shape index (κ3) is 3.49. The average Bonchev–Trinajstić information content (AvgIpc) is 2.99. The number of likely N-dealkylation sites (N-methyl/N-ethyl adjacent to an activating group) is 1. The van der Waals surface area contributed by atoms with Crippen molar-refractivity contribution < 1.29 is 4.74 Å². The molecule has 23 heavy (non-hydrogen) atoms. The van der Waals surface area contributed by atoms with Crippen molar-refractivity contribution >= 4 is 29.9 Å². The molecule has 1 saturated carbocycles. The maximum atomic E-state index is 6.07. The molecule has 3 aliphatic heterocycles. The van der Waals surface area contributed by atoms with Gasteiger partial charge in [-0.25, -0.2) is 0 Å². The standard InChI is InChI=1S/C17H30N4O.HI/c1-3-20(12-4-5-12)9-8-19-17(18-2)21-10-13-14(11-21)16-7-6-15(13)22-16;/h12-16H,3-11H2,1-2H3,(H,18,19);1H. The Hall–Kier alpha value is -0.0800. The molecule has 0 amide bonds. The van der Waals surface area contributed by atoms with Crippen LogP contribution >= 0.6 is 24.0 Å². The molecule has 4 rings (SSSR count). The van der Waals surface area contributed by atoms with Gasteiger partial charge < -0.3 is 15.0 Å². The van der Waals surface area contributed by atoms with Gasteiger partial charge in [-0.3, -0.25) is 9.89 Å². The average molecular weight is 434 g/mol. The van der Waals surface area contributed by atoms with Gasteiger partial charge in [0.15, 0.2) is 5.96 Å². The fourth-order valence-corrected chi connectivity index (χ4v) is 4.82. The zero-order chi connectivity index (χ0) is 15.1. The number of aliphatic imine (C=N–C) groups is 1. The molecule has 5 nitrogen and oxygen atoms in total. The van der Waals surface area contributed by atoms with Crippen LogP contribution in [-0.4, -0.2) is 73.8 Å². The third-order valence-corrected chi connectivity index (χ3v) is 6.12. The van der Waals surface area contributed by atoms with Gasteiger partial charge >= 0.3 is 0 Å². The number of guanidine groups is 1. The SMILES string of the molecule is CCN(CCNC(=NC)N1CC2C3CCC(O3)C2C1)C1CC1.I. The van der Waals surface area contributed by atoms with Gasteiger partial charge in [0.1, 0.15) is 0 Å². The van der Waals surface area contributed by atoms with Gasteiger partial charge in [0.05, 0.1) is 12.2 Å². The lowest BCUT2D eigenvalue weighted by atomic mass is 9.82. The molecular weight excluding hydrogens is 403 g/mol. The first-order valence-corrected chi connectivity index (χ1v) is 9.15. The van der Waals surface area contributed by atoms with Gasteiger partial charge in [-0.05, 0) is 32.2 Å². The summed E-state index contributed by atoms with van der Waals surface area (Å²) in [5.74, 6) is 2.59. The van der Waals surface area contributed by atoms with E-state index in [9.17, 15) is 0 Å². The number of fused-ring (bicyclic) bond motifs is 5. The number of nitrogens with zero attached hydrogens (tertiary/aromatic N) is 3. The summed E-state index contributed by atoms with van der Waals surface area (Å²) in [4.78, 5) is 9.58. The predicted octanol–water partition coefficient (Wildman–Crippen LogP) is 1.77. The molecule has 132 valence electrons. The molecule has 0 spiro atoms. The summed E-state index contributed by atoms with van der Waals surface area (Å²) in [5.41, 5.74) is 0. The van der Waals surface area contributed by atoms with E-state index in [0.29, 0.717) is 12.2 Å². The Morgan fingerprint density at radius 3 is 2.35 bits per heavy atom. The van der Waals surface area contributed by atoms with Gasteiger partial charge in [0.2, 0.25) is 0 Å². The van der Waals surface area contributed by atoms with Crippen LogP contribution in [0.15, 0.2) is 4.99 Å². The van der Waals surface area contributed by atoms with E-state index < -0.39 is 0 Å². The van der Waals surface area contributed by atoms with Crippen LogP contribution in [0.1, 0.15) is 32.6 Å². The highest BCUT2D eigenvalue weighted by atomic mass is 127. The molecule has 3 heterocycles. The first kappa shape index (κ1) is 17.7. The summed E-state index contributed by atoms with van der Waals surface area (Å²) in [7, 11) is 1.92. The summed E-state index contributed by atoms with van der Waals surface area (Å²) < 4.78 is 6.07. The van der Waals surface area contributed by atoms with E-state index in [2.05, 4.69) is 27.0 Å². The Morgan fingerprint density at radius 2 is 1.83 bits per heavy atom. The molecule has 0 aromatic rings. The molecule has 2 bridgehead atoms. The van der Waals surface area contributed by atoms with Gasteiger partial charge in [0, 0.05) is 51.1 Å². The predicted molar refractivity (Wildman–Crippen MR) is 103 cm³/mol. The number of halogens is 1. The van der Waals surface area contributed by atoms with Gasteiger partial charge in [0.25, 0.3) is 0 Å². The number of nitrogens with one attached hydrogen (secondary N) is 1. The fourth-order valence-electron chi connectivity index (χ4n) is 4.82. The lowest BCUT2D eigenvalue weighted by molar-refractivity contribution is 0.0767. The van der Waals surface area contributed by atoms with Gasteiger partial charge in [-0.15, -0.1) is 24.0 Å². The summed E-state index contributed by atoms with van der Waals surface area (Å²) >= 11 is 0. The van der Waals surface area contributed by atoms with Gasteiger partial charge in [-0.1, -0.05) is 6.92 Å². The molecule has 4 aliphatic rings. The van der Waals surface area contributed by atoms with E-state index in [1.54, 1.807) is 0 Å². The Kier molecular flexibility index (Phi) is 5.73. The minimum absolute atomic E-state index is 0. The van der Waals surface area contributed by atoms with Crippen LogP contribution in [0, 0.1) is 11.8 Å². The monoisotopic (exact) mass is 434 g/mol. The number of likely N-dealkylation sites (tertiary alicyclic amines) is 1. The molecule has 4 atom stereocenters. The lowest BCUT2D eigenvalue weighted by Gasteiger charge is -2.25. The van der Waals surface area contributed by atoms with E-state index >= 15 is 0 Å². The van der Waals surface area contributed by atoms with Crippen molar-refractivity contribution in [2.45, 2.75) is 50.9 Å². The molecule has 0 aromatic carbocycles. The Morgan fingerprint density at radius 1 is 1.17 bits per heavy atom. The van der Waals surface area contributed by atoms with Crippen molar-refractivity contribution in [3.05, 3.63) is 0 Å². The second-order valence-electron chi connectivity index (χ2n) is 7.36. The Labute approximate surface area is 157 Å². The van der Waals surface area contributed by atoms with E-state index in [1.165, 1.54) is 32.2 Å². The highest BCUT2D eigenvalue weighted by Gasteiger charge is 2.53. The van der Waals surface area contributed by atoms with Crippen molar-refractivity contribution in [3.8, 4) is 0 Å². The molecule has 1 N–H and O–H groups in total. The maximum Gasteiger partial charge on any atom is 0.193 e. The molecule has 6 heteroatoms. The minimum atomic E-state index is 0. The van der Waals surface area contributed by atoms with E-state index in [1.807, 2.05) is 7.05 Å². The van der Waals surface area contributed by atoms with E-state index in [4.69, 9.17) is 4.74 Å². The summed E-state index contributed by atoms with van der Waals surface area (Å²) in [6.45, 7) is 7.84. The molecule has 0 aromatic heterocycles. The van der Waals surface area contributed by atoms with Crippen LogP contribution in [0.25, 0.3) is 0 Å². The first-order valence-electron chi connectivity index (χ1n) is 9.15. The molecule has 4 unspecified atom stereocenters. The normalized spacial score (nSPS) is 35.6. The van der Waals surface area contributed by atoms with Crippen LogP contribution < -0.4 is 5.32 Å². The molecular formula is C17H31IN4O. The molecule has 4 fully saturated rings. The lowest BCUT2D eigenvalue weighted by Crippen LogP contribution is -2.44. The van der Waals surface area contributed by atoms with Crippen molar-refractivity contribution in [1.82, 2.24) is 15.1 Å². The van der Waals surface area contributed by atoms with E-state index in [0.717, 1.165) is 50.0 Å². The number of rotatable bonds is 5. The number of hydrogen-bond acceptors (Lipinski definition) is 3. The second-order valence-corrected chi connectivity index (χ2v) is 7.36. The smallest absolute Gasteiger partial charge is 0.193 e. The number of ether oxygens (including phenoxy) is 1. The maximum absolute atomic E-state index is 6.07. The van der Waals surface area contributed by atoms with Crippen LogP contribution in [0.4, 0.5) is 0 Å². The van der Waals surface area contributed by atoms with Gasteiger partial charge in [-0.2, -0.15) is 0 Å². The first-order chi connectivity index (χ1) is 10.8. The minimum Gasteiger partial charge on any atom is -0.374 e. The third-order valence-electron chi connectivity index (χ3n) is 6.12. The Bertz CT molecular complexity index is 424. The topological polar surface area (TPSA) is 40.1 Å². The van der Waals surface area contributed by atoms with Crippen molar-refractivity contribution in [3.63, 3.8) is 0 Å². The second kappa shape index (κ2) is 7.44. The quantitative estimate of drug-likeness (QED) is 0.407. The largest absolute Gasteiger partial charge is 0.374 e. The Balaban J connectivity index is 0.00000156. The van der Waals surface area contributed by atoms with Crippen LogP contribution in [0.2, 0.25) is 0 Å². The van der Waals surface area contributed by atoms with Crippen molar-refractivity contribution in [1.29, 1.82) is 0 Å². The zero-order valence-electron chi connectivity index (χ0n) is 14.4. The van der Waals surface area contributed by atoms with Crippen molar-refractivity contribution in [2.75, 3.05) is 39.8 Å². The molecule has 0 radical (unpaired) electrons. The van der Waals surface area contributed by atoms with Crippen LogP contribution in [0.5, 0.6) is 0 Å². The van der Waals surface area contributed by atoms with Crippen molar-refractivity contribution in [2.24, 2.45) is 16.8 Å². The highest BCUT2D eigenvalue weighted by Crippen LogP contribution is 2.47. The molecule has 3 saturated heterocycles. The van der Waals surface area contributed by atoms with E-state index in [-0.39, 0.29) is 24.0 Å².